The highest BCUT2D eigenvalue weighted by Gasteiger charge is 2.13. The number of rotatable bonds is 5. The number of aromatic amines is 1. The van der Waals surface area contributed by atoms with Gasteiger partial charge in [-0.15, -0.1) is 0 Å². The lowest BCUT2D eigenvalue weighted by Gasteiger charge is -2.13. The van der Waals surface area contributed by atoms with E-state index in [9.17, 15) is 4.79 Å². The molecule has 0 aliphatic carbocycles. The highest BCUT2D eigenvalue weighted by Crippen LogP contribution is 2.20. The normalized spacial score (nSPS) is 11.9. The summed E-state index contributed by atoms with van der Waals surface area (Å²) >= 11 is 0. The van der Waals surface area contributed by atoms with Gasteiger partial charge in [0.15, 0.2) is 0 Å². The van der Waals surface area contributed by atoms with Gasteiger partial charge in [0.1, 0.15) is 5.75 Å². The Morgan fingerprint density at radius 1 is 1.50 bits per heavy atom. The maximum Gasteiger partial charge on any atom is 0.251 e. The fraction of sp³-hybridized carbons (Fsp3) is 0.286. The van der Waals surface area contributed by atoms with Gasteiger partial charge in [0.2, 0.25) is 0 Å². The van der Waals surface area contributed by atoms with Crippen molar-refractivity contribution in [1.82, 2.24) is 15.5 Å². The third-order valence-electron chi connectivity index (χ3n) is 2.87. The Labute approximate surface area is 117 Å². The first-order chi connectivity index (χ1) is 9.60. The summed E-state index contributed by atoms with van der Waals surface area (Å²) in [7, 11) is 0. The van der Waals surface area contributed by atoms with Crippen molar-refractivity contribution in [3.63, 3.8) is 0 Å². The van der Waals surface area contributed by atoms with E-state index in [-0.39, 0.29) is 11.9 Å². The van der Waals surface area contributed by atoms with Crippen LogP contribution in [-0.4, -0.2) is 22.7 Å². The zero-order chi connectivity index (χ0) is 14.5. The number of benzene rings is 1. The molecule has 4 N–H and O–H groups in total. The molecule has 0 saturated carbocycles. The van der Waals surface area contributed by atoms with Crippen LogP contribution in [0.4, 0.5) is 5.69 Å². The van der Waals surface area contributed by atoms with Crippen LogP contribution in [0.3, 0.4) is 0 Å². The van der Waals surface area contributed by atoms with E-state index >= 15 is 0 Å². The zero-order valence-corrected chi connectivity index (χ0v) is 11.5. The van der Waals surface area contributed by atoms with Gasteiger partial charge in [-0.25, -0.2) is 0 Å². The van der Waals surface area contributed by atoms with Crippen molar-refractivity contribution >= 4 is 11.6 Å². The third kappa shape index (κ3) is 3.28. The van der Waals surface area contributed by atoms with E-state index in [0.29, 0.717) is 23.6 Å². The second-order valence-corrected chi connectivity index (χ2v) is 4.45. The molecule has 106 valence electrons. The molecule has 20 heavy (non-hydrogen) atoms. The third-order valence-corrected chi connectivity index (χ3v) is 2.87. The SMILES string of the molecule is CCOc1cc(N)cc(C(=O)NC(C)c2cn[nH]c2)c1. The minimum absolute atomic E-state index is 0.141. The van der Waals surface area contributed by atoms with Crippen LogP contribution in [0.5, 0.6) is 5.75 Å². The average molecular weight is 274 g/mol. The number of nitrogen functional groups attached to an aromatic ring is 1. The number of carbonyl (C=O) groups is 1. The van der Waals surface area contributed by atoms with Gasteiger partial charge < -0.3 is 15.8 Å². The molecule has 1 heterocycles. The maximum atomic E-state index is 12.2. The number of nitrogens with zero attached hydrogens (tertiary/aromatic N) is 1. The van der Waals surface area contributed by atoms with Gasteiger partial charge in [0.25, 0.3) is 5.91 Å². The van der Waals surface area contributed by atoms with Gasteiger partial charge in [-0.05, 0) is 26.0 Å². The first kappa shape index (κ1) is 13.9. The van der Waals surface area contributed by atoms with Crippen LogP contribution in [0.15, 0.2) is 30.6 Å². The first-order valence-corrected chi connectivity index (χ1v) is 6.43. The molecular weight excluding hydrogens is 256 g/mol. The summed E-state index contributed by atoms with van der Waals surface area (Å²) in [6, 6.07) is 4.86. The van der Waals surface area contributed by atoms with Gasteiger partial charge in [0, 0.05) is 29.1 Å². The molecule has 6 nitrogen and oxygen atoms in total. The lowest BCUT2D eigenvalue weighted by atomic mass is 10.1. The Bertz CT molecular complexity index is 581. The van der Waals surface area contributed by atoms with Gasteiger partial charge in [-0.2, -0.15) is 5.10 Å². The number of hydrogen-bond donors (Lipinski definition) is 3. The predicted octanol–water partition coefficient (Wildman–Crippen LogP) is 1.88. The standard InChI is InChI=1S/C14H18N4O2/c1-3-20-13-5-10(4-12(15)6-13)14(19)18-9(2)11-7-16-17-8-11/h4-9H,3,15H2,1-2H3,(H,16,17)(H,18,19). The molecule has 1 aromatic carbocycles. The topological polar surface area (TPSA) is 93.0 Å². The molecule has 1 amide bonds. The monoisotopic (exact) mass is 274 g/mol. The highest BCUT2D eigenvalue weighted by atomic mass is 16.5. The largest absolute Gasteiger partial charge is 0.494 e. The van der Waals surface area contributed by atoms with E-state index in [4.69, 9.17) is 10.5 Å². The Hall–Kier alpha value is -2.50. The van der Waals surface area contributed by atoms with E-state index in [2.05, 4.69) is 15.5 Å². The number of nitrogens with one attached hydrogen (secondary N) is 2. The van der Waals surface area contributed by atoms with Gasteiger partial charge >= 0.3 is 0 Å². The summed E-state index contributed by atoms with van der Waals surface area (Å²) < 4.78 is 5.38. The van der Waals surface area contributed by atoms with Crippen LogP contribution in [0.2, 0.25) is 0 Å². The van der Waals surface area contributed by atoms with E-state index in [1.807, 2.05) is 13.8 Å². The van der Waals surface area contributed by atoms with Crippen molar-refractivity contribution in [1.29, 1.82) is 0 Å². The van der Waals surface area contributed by atoms with Crippen LogP contribution in [0, 0.1) is 0 Å². The molecule has 0 aliphatic heterocycles. The van der Waals surface area contributed by atoms with Crippen LogP contribution in [-0.2, 0) is 0 Å². The summed E-state index contributed by atoms with van der Waals surface area (Å²) in [6.07, 6.45) is 3.42. The molecule has 6 heteroatoms. The van der Waals surface area contributed by atoms with Crippen molar-refractivity contribution < 1.29 is 9.53 Å². The fourth-order valence-corrected chi connectivity index (χ4v) is 1.86. The maximum absolute atomic E-state index is 12.2. The minimum atomic E-state index is -0.202. The number of nitrogens with two attached hydrogens (primary N) is 1. The summed E-state index contributed by atoms with van der Waals surface area (Å²) in [4.78, 5) is 12.2. The summed E-state index contributed by atoms with van der Waals surface area (Å²) in [5, 5.41) is 9.46. The number of anilines is 1. The molecule has 0 fully saturated rings. The lowest BCUT2D eigenvalue weighted by Crippen LogP contribution is -2.26. The number of H-pyrrole nitrogens is 1. The zero-order valence-electron chi connectivity index (χ0n) is 11.5. The molecule has 1 unspecified atom stereocenters. The Morgan fingerprint density at radius 2 is 2.30 bits per heavy atom. The second-order valence-electron chi connectivity index (χ2n) is 4.45. The molecule has 0 saturated heterocycles. The number of ether oxygens (including phenoxy) is 1. The molecule has 1 aromatic heterocycles. The van der Waals surface area contributed by atoms with Crippen LogP contribution in [0.25, 0.3) is 0 Å². The van der Waals surface area contributed by atoms with Gasteiger partial charge in [0.05, 0.1) is 18.8 Å². The summed E-state index contributed by atoms with van der Waals surface area (Å²) in [6.45, 7) is 4.29. The van der Waals surface area contributed by atoms with Crippen molar-refractivity contribution in [3.05, 3.63) is 41.7 Å². The number of aromatic nitrogens is 2. The number of amides is 1. The van der Waals surface area contributed by atoms with Crippen molar-refractivity contribution in [2.24, 2.45) is 0 Å². The molecule has 2 aromatic rings. The van der Waals surface area contributed by atoms with Crippen molar-refractivity contribution in [2.75, 3.05) is 12.3 Å². The summed E-state index contributed by atoms with van der Waals surface area (Å²) in [5.74, 6) is 0.389. The molecule has 0 bridgehead atoms. The van der Waals surface area contributed by atoms with E-state index in [0.717, 1.165) is 5.56 Å². The molecule has 0 radical (unpaired) electrons. The van der Waals surface area contributed by atoms with Gasteiger partial charge in [-0.3, -0.25) is 9.89 Å². The molecule has 0 spiro atoms. The Balaban J connectivity index is 2.12. The first-order valence-electron chi connectivity index (χ1n) is 6.43. The number of hydrogen-bond acceptors (Lipinski definition) is 4. The summed E-state index contributed by atoms with van der Waals surface area (Å²) in [5.41, 5.74) is 7.66. The second kappa shape index (κ2) is 6.10. The van der Waals surface area contributed by atoms with E-state index < -0.39 is 0 Å². The van der Waals surface area contributed by atoms with Crippen LogP contribution >= 0.6 is 0 Å². The minimum Gasteiger partial charge on any atom is -0.494 e. The van der Waals surface area contributed by atoms with E-state index in [1.54, 1.807) is 30.6 Å². The smallest absolute Gasteiger partial charge is 0.251 e. The average Bonchev–Trinajstić information content (AvgIpc) is 2.92. The highest BCUT2D eigenvalue weighted by molar-refractivity contribution is 5.95. The Morgan fingerprint density at radius 3 is 2.95 bits per heavy atom. The van der Waals surface area contributed by atoms with E-state index in [1.165, 1.54) is 0 Å². The van der Waals surface area contributed by atoms with Crippen molar-refractivity contribution in [2.45, 2.75) is 19.9 Å². The lowest BCUT2D eigenvalue weighted by molar-refractivity contribution is 0.0939. The van der Waals surface area contributed by atoms with Crippen LogP contribution in [0.1, 0.15) is 35.8 Å². The van der Waals surface area contributed by atoms with Crippen LogP contribution < -0.4 is 15.8 Å². The fourth-order valence-electron chi connectivity index (χ4n) is 1.86. The Kier molecular flexibility index (Phi) is 4.24. The molecule has 2 rings (SSSR count). The quantitative estimate of drug-likeness (QED) is 0.726. The molecule has 0 aliphatic rings. The number of carbonyl (C=O) groups excluding carboxylic acids is 1. The molecular formula is C14H18N4O2. The predicted molar refractivity (Wildman–Crippen MR) is 76.5 cm³/mol. The molecule has 1 atom stereocenters. The van der Waals surface area contributed by atoms with Gasteiger partial charge in [-0.1, -0.05) is 0 Å². The van der Waals surface area contributed by atoms with Crippen molar-refractivity contribution in [3.8, 4) is 5.75 Å².